The lowest BCUT2D eigenvalue weighted by molar-refractivity contribution is 0.197. The molecule has 0 saturated heterocycles. The maximum atomic E-state index is 10.1. The summed E-state index contributed by atoms with van der Waals surface area (Å²) < 4.78 is 14.9. The van der Waals surface area contributed by atoms with E-state index in [1.165, 1.54) is 6.47 Å². The Morgan fingerprint density at radius 1 is 1.13 bits per heavy atom. The van der Waals surface area contributed by atoms with Crippen molar-refractivity contribution in [2.24, 2.45) is 0 Å². The van der Waals surface area contributed by atoms with Crippen molar-refractivity contribution in [3.05, 3.63) is 23.8 Å². The molecule has 0 bridgehead atoms. The minimum Gasteiger partial charge on any atom is -0.497 e. The van der Waals surface area contributed by atoms with E-state index in [-0.39, 0.29) is 6.10 Å². The van der Waals surface area contributed by atoms with Crippen LogP contribution in [0, 0.1) is 0 Å². The van der Waals surface area contributed by atoms with Gasteiger partial charge in [0.15, 0.2) is 0 Å². The molecule has 0 aliphatic carbocycles. The van der Waals surface area contributed by atoms with E-state index in [1.54, 1.807) is 39.3 Å². The van der Waals surface area contributed by atoms with E-state index in [0.717, 1.165) is 5.56 Å². The van der Waals surface area contributed by atoms with Crippen LogP contribution in [-0.2, 0) is 9.53 Å². The third-order valence-electron chi connectivity index (χ3n) is 2.07. The van der Waals surface area contributed by atoms with Gasteiger partial charge < -0.3 is 14.2 Å². The number of hydrogen-bond acceptors (Lipinski definition) is 4. The normalized spacial score (nSPS) is 11.7. The van der Waals surface area contributed by atoms with Crippen molar-refractivity contribution in [1.29, 1.82) is 0 Å². The van der Waals surface area contributed by atoms with Crippen LogP contribution in [0.15, 0.2) is 18.2 Å². The molecule has 1 atom stereocenters. The Morgan fingerprint density at radius 3 is 2.07 bits per heavy atom. The molecule has 15 heavy (non-hydrogen) atoms. The van der Waals surface area contributed by atoms with Crippen molar-refractivity contribution in [3.8, 4) is 11.5 Å². The molecule has 0 aliphatic rings. The van der Waals surface area contributed by atoms with E-state index in [1.807, 2.05) is 0 Å². The van der Waals surface area contributed by atoms with Gasteiger partial charge in [-0.05, 0) is 24.6 Å². The molecule has 81 valence electrons. The Hall–Kier alpha value is -1.71. The highest BCUT2D eigenvalue weighted by Crippen LogP contribution is 2.27. The molecular formula is C11H13O4. The van der Waals surface area contributed by atoms with E-state index in [0.29, 0.717) is 11.5 Å². The van der Waals surface area contributed by atoms with Gasteiger partial charge in [-0.2, -0.15) is 0 Å². The molecule has 0 fully saturated rings. The SMILES string of the molecule is COc1cc(OC)cc(C(C)O[C]=O)c1. The quantitative estimate of drug-likeness (QED) is 0.742. The molecule has 0 heterocycles. The number of rotatable bonds is 5. The summed E-state index contributed by atoms with van der Waals surface area (Å²) in [6.45, 7) is 3.16. The molecule has 0 spiro atoms. The Labute approximate surface area is 88.8 Å². The van der Waals surface area contributed by atoms with Crippen LogP contribution < -0.4 is 9.47 Å². The van der Waals surface area contributed by atoms with Crippen molar-refractivity contribution < 1.29 is 19.0 Å². The summed E-state index contributed by atoms with van der Waals surface area (Å²) in [5.41, 5.74) is 0.801. The van der Waals surface area contributed by atoms with Crippen molar-refractivity contribution in [2.75, 3.05) is 14.2 Å². The molecule has 0 aromatic heterocycles. The first-order valence-corrected chi connectivity index (χ1v) is 4.47. The minimum atomic E-state index is -0.369. The van der Waals surface area contributed by atoms with Gasteiger partial charge in [0.05, 0.1) is 14.2 Å². The molecule has 1 radical (unpaired) electrons. The summed E-state index contributed by atoms with van der Waals surface area (Å²) in [7, 11) is 3.13. The fourth-order valence-corrected chi connectivity index (χ4v) is 1.20. The van der Waals surface area contributed by atoms with Crippen LogP contribution in [0.25, 0.3) is 0 Å². The predicted octanol–water partition coefficient (Wildman–Crippen LogP) is 1.85. The van der Waals surface area contributed by atoms with Gasteiger partial charge in [-0.1, -0.05) is 0 Å². The molecule has 4 nitrogen and oxygen atoms in total. The van der Waals surface area contributed by atoms with Crippen LogP contribution in [-0.4, -0.2) is 20.7 Å². The Balaban J connectivity index is 3.00. The molecule has 1 unspecified atom stereocenters. The van der Waals surface area contributed by atoms with Crippen LogP contribution >= 0.6 is 0 Å². The Kier molecular flexibility index (Phi) is 3.97. The molecular weight excluding hydrogens is 196 g/mol. The topological polar surface area (TPSA) is 44.8 Å². The summed E-state index contributed by atoms with van der Waals surface area (Å²) in [6, 6.07) is 5.32. The minimum absolute atomic E-state index is 0.369. The average Bonchev–Trinajstić information content (AvgIpc) is 2.28. The number of methoxy groups -OCH3 is 2. The molecule has 0 saturated carbocycles. The second-order valence-corrected chi connectivity index (χ2v) is 2.99. The van der Waals surface area contributed by atoms with Gasteiger partial charge >= 0.3 is 6.47 Å². The molecule has 0 amide bonds. The van der Waals surface area contributed by atoms with Gasteiger partial charge in [0, 0.05) is 6.07 Å². The van der Waals surface area contributed by atoms with Gasteiger partial charge in [0.25, 0.3) is 0 Å². The number of ether oxygens (including phenoxy) is 3. The van der Waals surface area contributed by atoms with Gasteiger partial charge in [0.2, 0.25) is 0 Å². The maximum Gasteiger partial charge on any atom is 0.418 e. The molecule has 4 heteroatoms. The molecule has 0 aliphatic heterocycles. The smallest absolute Gasteiger partial charge is 0.418 e. The monoisotopic (exact) mass is 209 g/mol. The Bertz CT molecular complexity index is 313. The van der Waals surface area contributed by atoms with E-state index < -0.39 is 0 Å². The van der Waals surface area contributed by atoms with Crippen molar-refractivity contribution in [1.82, 2.24) is 0 Å². The number of benzene rings is 1. The van der Waals surface area contributed by atoms with Crippen molar-refractivity contribution in [2.45, 2.75) is 13.0 Å². The van der Waals surface area contributed by atoms with Crippen LogP contribution in [0.1, 0.15) is 18.6 Å². The second-order valence-electron chi connectivity index (χ2n) is 2.99. The van der Waals surface area contributed by atoms with Crippen LogP contribution in [0.3, 0.4) is 0 Å². The molecule has 1 aromatic rings. The first-order valence-electron chi connectivity index (χ1n) is 4.47. The fourth-order valence-electron chi connectivity index (χ4n) is 1.20. The van der Waals surface area contributed by atoms with Crippen LogP contribution in [0.2, 0.25) is 0 Å². The highest BCUT2D eigenvalue weighted by atomic mass is 16.5. The van der Waals surface area contributed by atoms with Gasteiger partial charge in [-0.15, -0.1) is 0 Å². The largest absolute Gasteiger partial charge is 0.497 e. The number of hydrogen-bond donors (Lipinski definition) is 0. The third-order valence-corrected chi connectivity index (χ3v) is 2.07. The summed E-state index contributed by atoms with van der Waals surface area (Å²) >= 11 is 0. The summed E-state index contributed by atoms with van der Waals surface area (Å²) in [4.78, 5) is 10.1. The van der Waals surface area contributed by atoms with E-state index in [4.69, 9.17) is 14.2 Å². The first kappa shape index (κ1) is 11.4. The zero-order chi connectivity index (χ0) is 11.3. The van der Waals surface area contributed by atoms with Gasteiger partial charge in [-0.25, -0.2) is 4.79 Å². The van der Waals surface area contributed by atoms with Crippen molar-refractivity contribution >= 4 is 6.47 Å². The fraction of sp³-hybridized carbons (Fsp3) is 0.364. The zero-order valence-electron chi connectivity index (χ0n) is 8.94. The average molecular weight is 209 g/mol. The lowest BCUT2D eigenvalue weighted by Gasteiger charge is -2.12. The Morgan fingerprint density at radius 2 is 1.67 bits per heavy atom. The lowest BCUT2D eigenvalue weighted by Crippen LogP contribution is -1.99. The highest BCUT2D eigenvalue weighted by Gasteiger charge is 2.09. The standard InChI is InChI=1S/C11H13O4/c1-8(15-7-12)9-4-10(13-2)6-11(5-9)14-3/h4-6,8H,1-3H3. The summed E-state index contributed by atoms with van der Waals surface area (Å²) in [5, 5.41) is 0. The second kappa shape index (κ2) is 5.24. The summed E-state index contributed by atoms with van der Waals surface area (Å²) in [5.74, 6) is 1.32. The van der Waals surface area contributed by atoms with Gasteiger partial charge in [-0.3, -0.25) is 0 Å². The predicted molar refractivity (Wildman–Crippen MR) is 54.7 cm³/mol. The third kappa shape index (κ3) is 2.87. The van der Waals surface area contributed by atoms with E-state index >= 15 is 0 Å². The lowest BCUT2D eigenvalue weighted by atomic mass is 10.1. The van der Waals surface area contributed by atoms with Crippen LogP contribution in [0.4, 0.5) is 0 Å². The first-order chi connectivity index (χ1) is 7.21. The van der Waals surface area contributed by atoms with E-state index in [9.17, 15) is 4.79 Å². The molecule has 1 aromatic carbocycles. The maximum absolute atomic E-state index is 10.1. The van der Waals surface area contributed by atoms with Crippen LogP contribution in [0.5, 0.6) is 11.5 Å². The number of carbonyl (C=O) groups excluding carboxylic acids is 1. The highest BCUT2D eigenvalue weighted by molar-refractivity contribution is 5.42. The molecule has 1 rings (SSSR count). The zero-order valence-corrected chi connectivity index (χ0v) is 8.94. The van der Waals surface area contributed by atoms with Crippen molar-refractivity contribution in [3.63, 3.8) is 0 Å². The van der Waals surface area contributed by atoms with E-state index in [2.05, 4.69) is 0 Å². The molecule has 0 N–H and O–H groups in total. The summed E-state index contributed by atoms with van der Waals surface area (Å²) in [6.07, 6.45) is -0.369. The van der Waals surface area contributed by atoms with Gasteiger partial charge in [0.1, 0.15) is 17.6 Å².